The lowest BCUT2D eigenvalue weighted by molar-refractivity contribution is 0.0957. The van der Waals surface area contributed by atoms with E-state index in [1.807, 2.05) is 12.1 Å². The minimum atomic E-state index is -0.220. The first-order valence-corrected chi connectivity index (χ1v) is 6.56. The maximum absolute atomic E-state index is 11.3. The van der Waals surface area contributed by atoms with Crippen LogP contribution < -0.4 is 17.0 Å². The van der Waals surface area contributed by atoms with Crippen LogP contribution in [0.1, 0.15) is 21.0 Å². The molecular weight excluding hydrogens is 236 g/mol. The number of thiophene rings is 1. The van der Waals surface area contributed by atoms with Gasteiger partial charge in [-0.2, -0.15) is 0 Å². The maximum Gasteiger partial charge on any atom is 0.275 e. The van der Waals surface area contributed by atoms with E-state index in [0.29, 0.717) is 10.8 Å². The van der Waals surface area contributed by atoms with Gasteiger partial charge in [0.2, 0.25) is 0 Å². The Morgan fingerprint density at radius 1 is 1.59 bits per heavy atom. The number of carbonyl (C=O) groups excluding carboxylic acids is 1. The smallest absolute Gasteiger partial charge is 0.275 e. The lowest BCUT2D eigenvalue weighted by Gasteiger charge is -2.13. The molecule has 1 aromatic rings. The Balaban J connectivity index is 1.91. The van der Waals surface area contributed by atoms with Crippen LogP contribution >= 0.6 is 11.3 Å². The zero-order valence-corrected chi connectivity index (χ0v) is 10.5. The monoisotopic (exact) mass is 254 g/mol. The standard InChI is InChI=1S/C11H18N4OS/c12-5-8-3-4-15(6-8)7-9-1-2-10(17-9)11(16)14-13/h1-2,8H,3-7,12-13H2,(H,14,16). The molecule has 1 atom stereocenters. The summed E-state index contributed by atoms with van der Waals surface area (Å²) in [6.45, 7) is 3.83. The SMILES string of the molecule is NCC1CCN(Cc2ccc(C(=O)NN)s2)C1. The fourth-order valence-electron chi connectivity index (χ4n) is 2.13. The fourth-order valence-corrected chi connectivity index (χ4v) is 3.08. The van der Waals surface area contributed by atoms with Crippen molar-refractivity contribution in [3.05, 3.63) is 21.9 Å². The summed E-state index contributed by atoms with van der Waals surface area (Å²) in [5, 5.41) is 0. The van der Waals surface area contributed by atoms with Gasteiger partial charge in [-0.25, -0.2) is 5.84 Å². The molecule has 2 heterocycles. The number of carbonyl (C=O) groups is 1. The molecular formula is C11H18N4OS. The van der Waals surface area contributed by atoms with Gasteiger partial charge in [0, 0.05) is 18.0 Å². The molecule has 0 radical (unpaired) electrons. The highest BCUT2D eigenvalue weighted by Gasteiger charge is 2.21. The zero-order valence-electron chi connectivity index (χ0n) is 9.69. The van der Waals surface area contributed by atoms with Gasteiger partial charge in [0.25, 0.3) is 5.91 Å². The molecule has 5 nitrogen and oxygen atoms in total. The van der Waals surface area contributed by atoms with Gasteiger partial charge < -0.3 is 5.73 Å². The Kier molecular flexibility index (Phi) is 4.11. The Labute approximate surface area is 105 Å². The van der Waals surface area contributed by atoms with Gasteiger partial charge in [-0.05, 0) is 37.6 Å². The van der Waals surface area contributed by atoms with Crippen molar-refractivity contribution in [2.75, 3.05) is 19.6 Å². The van der Waals surface area contributed by atoms with Gasteiger partial charge in [-0.15, -0.1) is 11.3 Å². The summed E-state index contributed by atoms with van der Waals surface area (Å²) in [5.74, 6) is 5.50. The van der Waals surface area contributed by atoms with Gasteiger partial charge in [0.15, 0.2) is 0 Å². The minimum Gasteiger partial charge on any atom is -0.330 e. The second kappa shape index (κ2) is 5.59. The molecule has 5 N–H and O–H groups in total. The molecule has 1 amide bonds. The third kappa shape index (κ3) is 3.04. The summed E-state index contributed by atoms with van der Waals surface area (Å²) in [4.78, 5) is 15.5. The highest BCUT2D eigenvalue weighted by Crippen LogP contribution is 2.22. The van der Waals surface area contributed by atoms with Crippen molar-refractivity contribution in [1.82, 2.24) is 10.3 Å². The van der Waals surface area contributed by atoms with E-state index in [0.717, 1.165) is 26.2 Å². The largest absolute Gasteiger partial charge is 0.330 e. The van der Waals surface area contributed by atoms with Crippen molar-refractivity contribution in [2.45, 2.75) is 13.0 Å². The molecule has 1 saturated heterocycles. The number of nitrogens with zero attached hydrogens (tertiary/aromatic N) is 1. The van der Waals surface area contributed by atoms with Crippen LogP contribution in [-0.2, 0) is 6.54 Å². The summed E-state index contributed by atoms with van der Waals surface area (Å²) in [5.41, 5.74) is 7.81. The fraction of sp³-hybridized carbons (Fsp3) is 0.545. The van der Waals surface area contributed by atoms with Gasteiger partial charge >= 0.3 is 0 Å². The molecule has 0 saturated carbocycles. The van der Waals surface area contributed by atoms with Crippen molar-refractivity contribution in [1.29, 1.82) is 0 Å². The number of amides is 1. The predicted octanol–water partition coefficient (Wildman–Crippen LogP) is 0.132. The number of nitrogens with one attached hydrogen (secondary N) is 1. The molecule has 2 rings (SSSR count). The van der Waals surface area contributed by atoms with Crippen LogP contribution in [0.5, 0.6) is 0 Å². The van der Waals surface area contributed by atoms with Crippen molar-refractivity contribution in [3.8, 4) is 0 Å². The molecule has 1 unspecified atom stereocenters. The summed E-state index contributed by atoms with van der Waals surface area (Å²) >= 11 is 1.50. The molecule has 1 aliphatic rings. The van der Waals surface area contributed by atoms with Crippen LogP contribution in [-0.4, -0.2) is 30.4 Å². The Hall–Kier alpha value is -0.950. The van der Waals surface area contributed by atoms with E-state index >= 15 is 0 Å². The van der Waals surface area contributed by atoms with Crippen LogP contribution in [0.4, 0.5) is 0 Å². The minimum absolute atomic E-state index is 0.220. The lowest BCUT2D eigenvalue weighted by atomic mass is 10.1. The third-order valence-electron chi connectivity index (χ3n) is 3.10. The average molecular weight is 254 g/mol. The van der Waals surface area contributed by atoms with E-state index in [9.17, 15) is 4.79 Å². The molecule has 0 spiro atoms. The Morgan fingerprint density at radius 2 is 2.41 bits per heavy atom. The number of rotatable bonds is 4. The molecule has 1 fully saturated rings. The Bertz CT molecular complexity index is 393. The third-order valence-corrected chi connectivity index (χ3v) is 4.17. The molecule has 0 bridgehead atoms. The topological polar surface area (TPSA) is 84.4 Å². The second-order valence-corrected chi connectivity index (χ2v) is 5.53. The van der Waals surface area contributed by atoms with E-state index < -0.39 is 0 Å². The van der Waals surface area contributed by atoms with Gasteiger partial charge in [-0.1, -0.05) is 0 Å². The molecule has 0 aromatic carbocycles. The first kappa shape index (κ1) is 12.5. The zero-order chi connectivity index (χ0) is 12.3. The molecule has 6 heteroatoms. The van der Waals surface area contributed by atoms with Crippen LogP contribution in [0.2, 0.25) is 0 Å². The molecule has 94 valence electrons. The first-order chi connectivity index (χ1) is 8.22. The van der Waals surface area contributed by atoms with Crippen molar-refractivity contribution in [3.63, 3.8) is 0 Å². The average Bonchev–Trinajstić information content (AvgIpc) is 2.97. The van der Waals surface area contributed by atoms with Gasteiger partial charge in [0.05, 0.1) is 4.88 Å². The number of hydrazine groups is 1. The molecule has 1 aromatic heterocycles. The van der Waals surface area contributed by atoms with Crippen molar-refractivity contribution >= 4 is 17.2 Å². The van der Waals surface area contributed by atoms with E-state index in [1.165, 1.54) is 22.6 Å². The number of hydrogen-bond donors (Lipinski definition) is 3. The number of hydrogen-bond acceptors (Lipinski definition) is 5. The van der Waals surface area contributed by atoms with Crippen molar-refractivity contribution in [2.24, 2.45) is 17.5 Å². The van der Waals surface area contributed by atoms with Gasteiger partial charge in [-0.3, -0.25) is 15.1 Å². The summed E-state index contributed by atoms with van der Waals surface area (Å²) < 4.78 is 0. The van der Waals surface area contributed by atoms with Gasteiger partial charge in [0.1, 0.15) is 0 Å². The molecule has 1 aliphatic heterocycles. The van der Waals surface area contributed by atoms with Crippen molar-refractivity contribution < 1.29 is 4.79 Å². The van der Waals surface area contributed by atoms with E-state index in [1.54, 1.807) is 0 Å². The number of nitrogens with two attached hydrogens (primary N) is 2. The number of likely N-dealkylation sites (tertiary alicyclic amines) is 1. The van der Waals surface area contributed by atoms with E-state index in [2.05, 4.69) is 10.3 Å². The Morgan fingerprint density at radius 3 is 3.06 bits per heavy atom. The van der Waals surface area contributed by atoms with Crippen LogP contribution in [0.15, 0.2) is 12.1 Å². The number of nitrogen functional groups attached to an aromatic ring is 1. The summed E-state index contributed by atoms with van der Waals surface area (Å²) in [6, 6.07) is 3.81. The second-order valence-electron chi connectivity index (χ2n) is 4.36. The normalized spacial score (nSPS) is 20.7. The first-order valence-electron chi connectivity index (χ1n) is 5.75. The van der Waals surface area contributed by atoms with Crippen LogP contribution in [0, 0.1) is 5.92 Å². The van der Waals surface area contributed by atoms with E-state index in [-0.39, 0.29) is 5.91 Å². The summed E-state index contributed by atoms with van der Waals surface area (Å²) in [7, 11) is 0. The van der Waals surface area contributed by atoms with Crippen LogP contribution in [0.25, 0.3) is 0 Å². The quantitative estimate of drug-likeness (QED) is 0.405. The predicted molar refractivity (Wildman–Crippen MR) is 68.4 cm³/mol. The highest BCUT2D eigenvalue weighted by molar-refractivity contribution is 7.14. The van der Waals surface area contributed by atoms with E-state index in [4.69, 9.17) is 11.6 Å². The molecule has 0 aliphatic carbocycles. The molecule has 17 heavy (non-hydrogen) atoms. The van der Waals surface area contributed by atoms with Crippen LogP contribution in [0.3, 0.4) is 0 Å². The lowest BCUT2D eigenvalue weighted by Crippen LogP contribution is -2.29. The summed E-state index contributed by atoms with van der Waals surface area (Å²) in [6.07, 6.45) is 1.18. The highest BCUT2D eigenvalue weighted by atomic mass is 32.1. The maximum atomic E-state index is 11.3.